The Bertz CT molecular complexity index is 937. The molecule has 3 rings (SSSR count). The molecule has 0 saturated carbocycles. The van der Waals surface area contributed by atoms with Crippen LogP contribution in [0, 0.1) is 5.92 Å². The Hall–Kier alpha value is -3.00. The number of esters is 1. The average Bonchev–Trinajstić information content (AvgIpc) is 3.24. The number of anilines is 1. The predicted octanol–water partition coefficient (Wildman–Crippen LogP) is 2.81. The molecule has 1 aliphatic rings. The quantitative estimate of drug-likeness (QED) is 0.536. The molecular formula is C21H22N2O5S. The molecule has 0 radical (unpaired) electrons. The highest BCUT2D eigenvalue weighted by atomic mass is 32.1. The molecule has 2 N–H and O–H groups in total. The summed E-state index contributed by atoms with van der Waals surface area (Å²) < 4.78 is 5.19. The van der Waals surface area contributed by atoms with Gasteiger partial charge in [0.15, 0.2) is 12.4 Å². The normalized spacial score (nSPS) is 14.0. The van der Waals surface area contributed by atoms with Gasteiger partial charge in [0.25, 0.3) is 5.91 Å². The van der Waals surface area contributed by atoms with Gasteiger partial charge in [0.05, 0.1) is 4.88 Å². The number of carbonyl (C=O) groups excluding carboxylic acids is 4. The molecule has 29 heavy (non-hydrogen) atoms. The molecule has 2 aromatic rings. The van der Waals surface area contributed by atoms with Gasteiger partial charge < -0.3 is 15.4 Å². The maximum absolute atomic E-state index is 12.5. The number of rotatable bonds is 7. The monoisotopic (exact) mass is 414 g/mol. The van der Waals surface area contributed by atoms with Crippen LogP contribution in [0.1, 0.15) is 45.9 Å². The number of ketones is 1. The van der Waals surface area contributed by atoms with Gasteiger partial charge in [-0.15, -0.1) is 11.3 Å². The summed E-state index contributed by atoms with van der Waals surface area (Å²) in [5, 5.41) is 7.21. The largest absolute Gasteiger partial charge is 0.456 e. The Kier molecular flexibility index (Phi) is 6.43. The van der Waals surface area contributed by atoms with Crippen molar-refractivity contribution in [2.75, 3.05) is 11.9 Å². The van der Waals surface area contributed by atoms with E-state index in [9.17, 15) is 19.2 Å². The van der Waals surface area contributed by atoms with E-state index in [4.69, 9.17) is 4.74 Å². The molecule has 1 aromatic carbocycles. The number of hydrogen-bond donors (Lipinski definition) is 2. The Morgan fingerprint density at radius 1 is 1.21 bits per heavy atom. The first-order chi connectivity index (χ1) is 13.8. The van der Waals surface area contributed by atoms with Crippen LogP contribution in [0.2, 0.25) is 0 Å². The zero-order valence-electron chi connectivity index (χ0n) is 16.2. The van der Waals surface area contributed by atoms with E-state index in [1.807, 2.05) is 0 Å². The summed E-state index contributed by atoms with van der Waals surface area (Å²) in [4.78, 5) is 49.1. The number of thiophene rings is 1. The van der Waals surface area contributed by atoms with Crippen molar-refractivity contribution >= 4 is 40.6 Å². The number of Topliss-reactive ketones (excluding diaryl/α,β-unsaturated/α-hetero) is 1. The van der Waals surface area contributed by atoms with Crippen LogP contribution in [0.5, 0.6) is 0 Å². The lowest BCUT2D eigenvalue weighted by Crippen LogP contribution is -2.45. The topological polar surface area (TPSA) is 102 Å². The number of aryl methyl sites for hydroxylation is 1. The number of carbonyl (C=O) groups is 4. The molecule has 152 valence electrons. The molecule has 8 heteroatoms. The Morgan fingerprint density at radius 2 is 2.00 bits per heavy atom. The lowest BCUT2D eigenvalue weighted by atomic mass is 9.99. The third-order valence-corrected chi connectivity index (χ3v) is 5.49. The number of hydrogen-bond acceptors (Lipinski definition) is 6. The van der Waals surface area contributed by atoms with Crippen molar-refractivity contribution in [3.8, 4) is 0 Å². The van der Waals surface area contributed by atoms with Crippen molar-refractivity contribution in [3.05, 3.63) is 51.7 Å². The number of fused-ring (bicyclic) bond motifs is 1. The highest BCUT2D eigenvalue weighted by Gasteiger charge is 2.27. The molecule has 0 aliphatic carbocycles. The zero-order chi connectivity index (χ0) is 21.0. The second kappa shape index (κ2) is 9.00. The Labute approximate surface area is 172 Å². The summed E-state index contributed by atoms with van der Waals surface area (Å²) in [5.74, 6) is -1.59. The van der Waals surface area contributed by atoms with Gasteiger partial charge in [-0.1, -0.05) is 19.9 Å². The van der Waals surface area contributed by atoms with Gasteiger partial charge in [0.1, 0.15) is 6.04 Å². The Morgan fingerprint density at radius 3 is 2.69 bits per heavy atom. The lowest BCUT2D eigenvalue weighted by Gasteiger charge is -2.20. The van der Waals surface area contributed by atoms with Crippen LogP contribution in [-0.4, -0.2) is 36.2 Å². The highest BCUT2D eigenvalue weighted by Crippen LogP contribution is 2.23. The van der Waals surface area contributed by atoms with E-state index in [0.29, 0.717) is 29.0 Å². The van der Waals surface area contributed by atoms with E-state index in [-0.39, 0.29) is 23.5 Å². The minimum atomic E-state index is -0.851. The first kappa shape index (κ1) is 20.7. The molecule has 2 heterocycles. The maximum Gasteiger partial charge on any atom is 0.329 e. The van der Waals surface area contributed by atoms with Crippen molar-refractivity contribution in [1.29, 1.82) is 0 Å². The summed E-state index contributed by atoms with van der Waals surface area (Å²) in [6.45, 7) is 3.17. The molecule has 7 nitrogen and oxygen atoms in total. The Balaban J connectivity index is 1.60. The van der Waals surface area contributed by atoms with Crippen LogP contribution in [-0.2, 0) is 20.7 Å². The van der Waals surface area contributed by atoms with E-state index in [2.05, 4.69) is 10.6 Å². The second-order valence-electron chi connectivity index (χ2n) is 7.12. The number of nitrogens with one attached hydrogen (secondary N) is 2. The van der Waals surface area contributed by atoms with E-state index in [1.165, 1.54) is 11.3 Å². The molecule has 0 fully saturated rings. The van der Waals surface area contributed by atoms with Crippen molar-refractivity contribution in [3.63, 3.8) is 0 Å². The van der Waals surface area contributed by atoms with Crippen LogP contribution in [0.15, 0.2) is 35.7 Å². The number of amides is 2. The van der Waals surface area contributed by atoms with Crippen LogP contribution in [0.25, 0.3) is 0 Å². The highest BCUT2D eigenvalue weighted by molar-refractivity contribution is 7.12. The molecule has 1 atom stereocenters. The first-order valence-electron chi connectivity index (χ1n) is 9.32. The summed E-state index contributed by atoms with van der Waals surface area (Å²) in [7, 11) is 0. The molecule has 0 spiro atoms. The van der Waals surface area contributed by atoms with Crippen LogP contribution in [0.4, 0.5) is 5.69 Å². The molecule has 0 bridgehead atoms. The minimum absolute atomic E-state index is 0.0465. The first-order valence-corrected chi connectivity index (χ1v) is 10.2. The van der Waals surface area contributed by atoms with Gasteiger partial charge in [-0.25, -0.2) is 4.79 Å². The van der Waals surface area contributed by atoms with E-state index < -0.39 is 18.6 Å². The maximum atomic E-state index is 12.5. The van der Waals surface area contributed by atoms with Crippen molar-refractivity contribution in [2.45, 2.75) is 32.7 Å². The zero-order valence-corrected chi connectivity index (χ0v) is 17.0. The van der Waals surface area contributed by atoms with Gasteiger partial charge >= 0.3 is 5.97 Å². The number of ether oxygens (including phenoxy) is 1. The molecule has 0 unspecified atom stereocenters. The molecule has 1 aliphatic heterocycles. The SMILES string of the molecule is CC(C)[C@@H](NC(=O)c1cccs1)C(=O)OCC(=O)c1ccc2c(c1)CCC(=O)N2. The smallest absolute Gasteiger partial charge is 0.329 e. The summed E-state index contributed by atoms with van der Waals surface area (Å²) in [6.07, 6.45) is 0.936. The third-order valence-electron chi connectivity index (χ3n) is 4.62. The van der Waals surface area contributed by atoms with Gasteiger partial charge in [-0.05, 0) is 47.5 Å². The lowest BCUT2D eigenvalue weighted by molar-refractivity contribution is -0.146. The van der Waals surface area contributed by atoms with Gasteiger partial charge in [0.2, 0.25) is 5.91 Å². The molecule has 2 amide bonds. The summed E-state index contributed by atoms with van der Waals surface area (Å²) >= 11 is 1.28. The standard InChI is InChI=1S/C21H22N2O5S/c1-12(2)19(23-20(26)17-4-3-9-29-17)21(27)28-11-16(24)14-5-7-15-13(10-14)6-8-18(25)22-15/h3-5,7,9-10,12,19H,6,8,11H2,1-2H3,(H,22,25)(H,23,26)/t19-/m1/s1. The second-order valence-corrected chi connectivity index (χ2v) is 8.07. The van der Waals surface area contributed by atoms with Crippen LogP contribution < -0.4 is 10.6 Å². The van der Waals surface area contributed by atoms with Crippen molar-refractivity contribution in [2.24, 2.45) is 5.92 Å². The fourth-order valence-corrected chi connectivity index (χ4v) is 3.61. The van der Waals surface area contributed by atoms with Gasteiger partial charge in [0, 0.05) is 17.7 Å². The third kappa shape index (κ3) is 5.08. The van der Waals surface area contributed by atoms with E-state index >= 15 is 0 Å². The van der Waals surface area contributed by atoms with Crippen molar-refractivity contribution < 1.29 is 23.9 Å². The molecule has 0 saturated heterocycles. The molecular weight excluding hydrogens is 392 g/mol. The fourth-order valence-electron chi connectivity index (χ4n) is 2.98. The van der Waals surface area contributed by atoms with Crippen molar-refractivity contribution in [1.82, 2.24) is 5.32 Å². The minimum Gasteiger partial charge on any atom is -0.456 e. The summed E-state index contributed by atoms with van der Waals surface area (Å²) in [6, 6.07) is 7.56. The van der Waals surface area contributed by atoms with E-state index in [1.54, 1.807) is 49.6 Å². The summed E-state index contributed by atoms with van der Waals surface area (Å²) in [5.41, 5.74) is 1.99. The predicted molar refractivity (Wildman–Crippen MR) is 109 cm³/mol. The van der Waals surface area contributed by atoms with Crippen LogP contribution in [0.3, 0.4) is 0 Å². The van der Waals surface area contributed by atoms with Gasteiger partial charge in [-0.3, -0.25) is 14.4 Å². The average molecular weight is 414 g/mol. The van der Waals surface area contributed by atoms with Gasteiger partial charge in [-0.2, -0.15) is 0 Å². The van der Waals surface area contributed by atoms with E-state index in [0.717, 1.165) is 5.56 Å². The number of benzene rings is 1. The molecule has 1 aromatic heterocycles. The fraction of sp³-hybridized carbons (Fsp3) is 0.333. The van der Waals surface area contributed by atoms with Crippen LogP contribution >= 0.6 is 11.3 Å².